The van der Waals surface area contributed by atoms with E-state index in [9.17, 15) is 4.79 Å². The van der Waals surface area contributed by atoms with Crippen molar-refractivity contribution in [1.29, 1.82) is 0 Å². The van der Waals surface area contributed by atoms with E-state index < -0.39 is 0 Å². The predicted molar refractivity (Wildman–Crippen MR) is 75.9 cm³/mol. The molecule has 18 heavy (non-hydrogen) atoms. The molecule has 1 saturated carbocycles. The van der Waals surface area contributed by atoms with Gasteiger partial charge in [-0.05, 0) is 38.9 Å². The van der Waals surface area contributed by atoms with E-state index in [1.807, 2.05) is 20.9 Å². The largest absolute Gasteiger partial charge is 0.358 e. The first kappa shape index (κ1) is 13.6. The van der Waals surface area contributed by atoms with Crippen LogP contribution in [0.1, 0.15) is 46.0 Å². The van der Waals surface area contributed by atoms with E-state index in [0.29, 0.717) is 11.2 Å². The van der Waals surface area contributed by atoms with Crippen molar-refractivity contribution in [1.82, 2.24) is 15.3 Å². The van der Waals surface area contributed by atoms with Gasteiger partial charge in [0.15, 0.2) is 5.11 Å². The lowest BCUT2D eigenvalue weighted by Gasteiger charge is -2.49. The smallest absolute Gasteiger partial charge is 0.248 e. The Balaban J connectivity index is 1.84. The van der Waals surface area contributed by atoms with Crippen LogP contribution in [0.25, 0.3) is 0 Å². The highest BCUT2D eigenvalue weighted by molar-refractivity contribution is 7.80. The van der Waals surface area contributed by atoms with E-state index in [1.54, 1.807) is 10.0 Å². The number of nitrogens with zero attached hydrogens (tertiary/aromatic N) is 2. The Kier molecular flexibility index (Phi) is 3.80. The Morgan fingerprint density at radius 3 is 2.50 bits per heavy atom. The maximum Gasteiger partial charge on any atom is 0.248 e. The lowest BCUT2D eigenvalue weighted by atomic mass is 9.84. The Hall–Kier alpha value is -0.840. The van der Waals surface area contributed by atoms with E-state index in [1.165, 1.54) is 32.1 Å². The van der Waals surface area contributed by atoms with Crippen molar-refractivity contribution in [3.63, 3.8) is 0 Å². The molecule has 0 spiro atoms. The van der Waals surface area contributed by atoms with Crippen molar-refractivity contribution in [3.05, 3.63) is 0 Å². The normalized spacial score (nSPS) is 23.5. The van der Waals surface area contributed by atoms with Crippen LogP contribution < -0.4 is 5.32 Å². The molecule has 0 radical (unpaired) electrons. The Morgan fingerprint density at radius 1 is 1.39 bits per heavy atom. The topological polar surface area (TPSA) is 35.6 Å². The zero-order valence-electron chi connectivity index (χ0n) is 11.5. The molecule has 5 heteroatoms. The number of carbonyl (C=O) groups is 1. The highest BCUT2D eigenvalue weighted by Crippen LogP contribution is 2.31. The van der Waals surface area contributed by atoms with E-state index in [-0.39, 0.29) is 11.3 Å². The molecule has 1 heterocycles. The second kappa shape index (κ2) is 5.03. The monoisotopic (exact) mass is 269 g/mol. The Bertz CT molecular complexity index is 350. The number of amides is 1. The fourth-order valence-electron chi connectivity index (χ4n) is 2.64. The Morgan fingerprint density at radius 2 is 2.00 bits per heavy atom. The summed E-state index contributed by atoms with van der Waals surface area (Å²) in [5.74, 6) is 0.151. The van der Waals surface area contributed by atoms with Crippen LogP contribution in [0, 0.1) is 5.41 Å². The van der Waals surface area contributed by atoms with Gasteiger partial charge in [-0.15, -0.1) is 0 Å². The van der Waals surface area contributed by atoms with Gasteiger partial charge >= 0.3 is 0 Å². The van der Waals surface area contributed by atoms with Crippen LogP contribution >= 0.6 is 12.2 Å². The molecule has 0 atom stereocenters. The van der Waals surface area contributed by atoms with Crippen molar-refractivity contribution in [3.8, 4) is 0 Å². The third kappa shape index (κ3) is 2.60. The summed E-state index contributed by atoms with van der Waals surface area (Å²) in [5, 5.41) is 7.56. The molecule has 2 rings (SSSR count). The van der Waals surface area contributed by atoms with Crippen LogP contribution in [-0.2, 0) is 4.79 Å². The molecule has 1 saturated heterocycles. The minimum Gasteiger partial charge on any atom is -0.358 e. The Labute approximate surface area is 115 Å². The van der Waals surface area contributed by atoms with Gasteiger partial charge in [0.2, 0.25) is 5.91 Å². The number of β-lactam (4-membered cyclic amide) rings is 1. The summed E-state index contributed by atoms with van der Waals surface area (Å²) in [7, 11) is 1.87. The molecule has 1 aliphatic carbocycles. The average Bonchev–Trinajstić information content (AvgIpc) is 2.36. The molecule has 102 valence electrons. The van der Waals surface area contributed by atoms with Gasteiger partial charge in [0.1, 0.15) is 0 Å². The van der Waals surface area contributed by atoms with Gasteiger partial charge in [-0.1, -0.05) is 19.3 Å². The third-order valence-corrected chi connectivity index (χ3v) is 4.33. The van der Waals surface area contributed by atoms with E-state index >= 15 is 0 Å². The second-order valence-corrected chi connectivity index (χ2v) is 6.44. The van der Waals surface area contributed by atoms with Gasteiger partial charge in [0.25, 0.3) is 0 Å². The minimum absolute atomic E-state index is 0.151. The molecule has 1 amide bonds. The quantitative estimate of drug-likeness (QED) is 0.613. The SMILES string of the molecule is CN(C(=S)NC1CCCCC1)N1CC(C)(C)C1=O. The van der Waals surface area contributed by atoms with Crippen LogP contribution in [0.3, 0.4) is 0 Å². The molecule has 0 aromatic heterocycles. The van der Waals surface area contributed by atoms with Gasteiger partial charge in [0.05, 0.1) is 12.0 Å². The third-order valence-electron chi connectivity index (χ3n) is 3.95. The van der Waals surface area contributed by atoms with E-state index in [4.69, 9.17) is 12.2 Å². The summed E-state index contributed by atoms with van der Waals surface area (Å²) < 4.78 is 0. The van der Waals surface area contributed by atoms with Crippen LogP contribution in [0.15, 0.2) is 0 Å². The van der Waals surface area contributed by atoms with Crippen LogP contribution in [0.2, 0.25) is 0 Å². The highest BCUT2D eigenvalue weighted by atomic mass is 32.1. The van der Waals surface area contributed by atoms with E-state index in [0.717, 1.165) is 6.54 Å². The number of hydrazine groups is 1. The summed E-state index contributed by atoms with van der Waals surface area (Å²) in [6.07, 6.45) is 6.26. The molecule has 1 aliphatic heterocycles. The molecule has 2 aliphatic rings. The maximum atomic E-state index is 11.9. The molecule has 0 aromatic carbocycles. The molecular weight excluding hydrogens is 246 g/mol. The zero-order chi connectivity index (χ0) is 13.3. The first-order chi connectivity index (χ1) is 8.42. The summed E-state index contributed by atoms with van der Waals surface area (Å²) >= 11 is 5.38. The molecule has 1 N–H and O–H groups in total. The first-order valence-electron chi connectivity index (χ1n) is 6.78. The molecule has 4 nitrogen and oxygen atoms in total. The summed E-state index contributed by atoms with van der Waals surface area (Å²) in [6, 6.07) is 0.484. The number of nitrogens with one attached hydrogen (secondary N) is 1. The number of thiocarbonyl (C=S) groups is 1. The number of carbonyl (C=O) groups excluding carboxylic acids is 1. The molecular formula is C13H23N3OS. The number of hydrogen-bond donors (Lipinski definition) is 1. The molecule has 0 unspecified atom stereocenters. The molecule has 0 aromatic rings. The predicted octanol–water partition coefficient (Wildman–Crippen LogP) is 1.91. The summed E-state index contributed by atoms with van der Waals surface area (Å²) in [6.45, 7) is 4.68. The molecule has 2 fully saturated rings. The van der Waals surface area contributed by atoms with Crippen LogP contribution in [0.4, 0.5) is 0 Å². The van der Waals surface area contributed by atoms with Crippen molar-refractivity contribution in [2.24, 2.45) is 5.41 Å². The van der Waals surface area contributed by atoms with Crippen molar-refractivity contribution < 1.29 is 4.79 Å². The fourth-order valence-corrected chi connectivity index (χ4v) is 2.90. The number of rotatable bonds is 2. The lowest BCUT2D eigenvalue weighted by molar-refractivity contribution is -0.174. The van der Waals surface area contributed by atoms with Crippen molar-refractivity contribution in [2.75, 3.05) is 13.6 Å². The van der Waals surface area contributed by atoms with Gasteiger partial charge in [-0.2, -0.15) is 0 Å². The van der Waals surface area contributed by atoms with Gasteiger partial charge in [-0.25, -0.2) is 0 Å². The van der Waals surface area contributed by atoms with Gasteiger partial charge in [0, 0.05) is 13.1 Å². The summed E-state index contributed by atoms with van der Waals surface area (Å²) in [5.41, 5.74) is -0.227. The van der Waals surface area contributed by atoms with Crippen molar-refractivity contribution in [2.45, 2.75) is 52.0 Å². The average molecular weight is 269 g/mol. The fraction of sp³-hybridized carbons (Fsp3) is 0.846. The van der Waals surface area contributed by atoms with Crippen molar-refractivity contribution >= 4 is 23.2 Å². The standard InChI is InChI=1S/C13H23N3OS/c1-13(2)9-16(11(13)17)15(3)12(18)14-10-7-5-4-6-8-10/h10H,4-9H2,1-3H3,(H,14,18). The summed E-state index contributed by atoms with van der Waals surface area (Å²) in [4.78, 5) is 11.9. The highest BCUT2D eigenvalue weighted by Gasteiger charge is 2.46. The van der Waals surface area contributed by atoms with Crippen LogP contribution in [0.5, 0.6) is 0 Å². The zero-order valence-corrected chi connectivity index (χ0v) is 12.3. The first-order valence-corrected chi connectivity index (χ1v) is 7.19. The molecule has 0 bridgehead atoms. The van der Waals surface area contributed by atoms with Crippen LogP contribution in [-0.4, -0.2) is 40.7 Å². The van der Waals surface area contributed by atoms with Gasteiger partial charge in [-0.3, -0.25) is 14.8 Å². The van der Waals surface area contributed by atoms with E-state index in [2.05, 4.69) is 5.32 Å². The maximum absolute atomic E-state index is 11.9. The minimum atomic E-state index is -0.227. The second-order valence-electron chi connectivity index (χ2n) is 6.05. The lowest BCUT2D eigenvalue weighted by Crippen LogP contribution is -2.66. The van der Waals surface area contributed by atoms with Gasteiger partial charge < -0.3 is 5.32 Å². The number of hydrogen-bond acceptors (Lipinski definition) is 2.